The van der Waals surface area contributed by atoms with Crippen molar-refractivity contribution >= 4 is 23.4 Å². The van der Waals surface area contributed by atoms with E-state index in [2.05, 4.69) is 15.2 Å². The number of carboxylic acid groups (broad SMARTS) is 1. The zero-order valence-electron chi connectivity index (χ0n) is 9.59. The number of carbonyl (C=O) groups is 1. The maximum atomic E-state index is 10.9. The molecule has 1 N–H and O–H groups in total. The first kappa shape index (κ1) is 11.7. The van der Waals surface area contributed by atoms with E-state index in [0.717, 1.165) is 10.5 Å². The van der Waals surface area contributed by atoms with Crippen LogP contribution in [0.3, 0.4) is 0 Å². The van der Waals surface area contributed by atoms with E-state index in [4.69, 9.17) is 5.11 Å². The molecule has 0 radical (unpaired) electrons. The van der Waals surface area contributed by atoms with Gasteiger partial charge in [0.25, 0.3) is 0 Å². The maximum Gasteiger partial charge on any atom is 0.354 e. The van der Waals surface area contributed by atoms with Crippen LogP contribution in [0.4, 0.5) is 0 Å². The summed E-state index contributed by atoms with van der Waals surface area (Å²) >= 11 is 1.34. The van der Waals surface area contributed by atoms with Gasteiger partial charge in [0.2, 0.25) is 0 Å². The number of carboxylic acids is 1. The molecule has 94 valence electrons. The smallest absolute Gasteiger partial charge is 0.354 e. The lowest BCUT2D eigenvalue weighted by Crippen LogP contribution is -1.99. The van der Waals surface area contributed by atoms with Crippen molar-refractivity contribution in [1.29, 1.82) is 0 Å². The van der Waals surface area contributed by atoms with Gasteiger partial charge in [-0.3, -0.25) is 4.40 Å². The van der Waals surface area contributed by atoms with Crippen LogP contribution in [0.1, 0.15) is 10.5 Å². The molecule has 3 aromatic rings. The lowest BCUT2D eigenvalue weighted by atomic mass is 10.4. The molecule has 0 unspecified atom stereocenters. The second-order valence-electron chi connectivity index (χ2n) is 3.70. The van der Waals surface area contributed by atoms with Gasteiger partial charge < -0.3 is 5.11 Å². The number of rotatable bonds is 3. The quantitative estimate of drug-likeness (QED) is 0.785. The molecule has 0 aliphatic heterocycles. The van der Waals surface area contributed by atoms with Gasteiger partial charge in [-0.2, -0.15) is 0 Å². The molecule has 7 heteroatoms. The van der Waals surface area contributed by atoms with E-state index in [9.17, 15) is 4.79 Å². The van der Waals surface area contributed by atoms with E-state index in [0.29, 0.717) is 5.16 Å². The first-order valence-electron chi connectivity index (χ1n) is 5.41. The number of aromatic carboxylic acids is 1. The lowest BCUT2D eigenvalue weighted by Gasteiger charge is -2.00. The predicted octanol–water partition coefficient (Wildman–Crippen LogP) is 1.97. The number of hydrogen-bond acceptors (Lipinski definition) is 5. The Balaban J connectivity index is 1.97. The largest absolute Gasteiger partial charge is 0.477 e. The minimum atomic E-state index is -1.05. The van der Waals surface area contributed by atoms with E-state index in [1.165, 1.54) is 24.0 Å². The van der Waals surface area contributed by atoms with Gasteiger partial charge in [0, 0.05) is 17.3 Å². The molecule has 0 aliphatic carbocycles. The van der Waals surface area contributed by atoms with Crippen molar-refractivity contribution in [3.05, 3.63) is 48.4 Å². The Morgan fingerprint density at radius 1 is 1.26 bits per heavy atom. The first-order valence-corrected chi connectivity index (χ1v) is 6.22. The molecule has 6 nitrogen and oxygen atoms in total. The summed E-state index contributed by atoms with van der Waals surface area (Å²) in [5.74, 6) is -1.05. The second kappa shape index (κ2) is 4.69. The highest BCUT2D eigenvalue weighted by molar-refractivity contribution is 7.99. The number of nitrogens with zero attached hydrogens (tertiary/aromatic N) is 4. The maximum absolute atomic E-state index is 10.9. The summed E-state index contributed by atoms with van der Waals surface area (Å²) < 4.78 is 1.84. The van der Waals surface area contributed by atoms with Crippen molar-refractivity contribution in [1.82, 2.24) is 19.6 Å². The van der Waals surface area contributed by atoms with Crippen molar-refractivity contribution < 1.29 is 9.90 Å². The summed E-state index contributed by atoms with van der Waals surface area (Å²) in [6.07, 6.45) is 3.33. The van der Waals surface area contributed by atoms with Gasteiger partial charge in [-0.05, 0) is 36.0 Å². The molecule has 0 atom stereocenters. The predicted molar refractivity (Wildman–Crippen MR) is 68.3 cm³/mol. The topological polar surface area (TPSA) is 80.4 Å². The molecule has 19 heavy (non-hydrogen) atoms. The second-order valence-corrected chi connectivity index (χ2v) is 4.74. The Labute approximate surface area is 112 Å². The van der Waals surface area contributed by atoms with Crippen molar-refractivity contribution in [3.8, 4) is 0 Å². The third-order valence-corrected chi connectivity index (χ3v) is 3.39. The van der Waals surface area contributed by atoms with Crippen LogP contribution in [0, 0.1) is 0 Å². The van der Waals surface area contributed by atoms with Gasteiger partial charge in [0.1, 0.15) is 5.69 Å². The molecule has 3 aromatic heterocycles. The third kappa shape index (κ3) is 2.27. The first-order chi connectivity index (χ1) is 9.24. The van der Waals surface area contributed by atoms with Crippen LogP contribution in [0.25, 0.3) is 5.65 Å². The molecule has 0 bridgehead atoms. The van der Waals surface area contributed by atoms with Crippen molar-refractivity contribution in [3.63, 3.8) is 0 Å². The number of fused-ring (bicyclic) bond motifs is 1. The molecule has 3 rings (SSSR count). The van der Waals surface area contributed by atoms with Crippen LogP contribution in [0.5, 0.6) is 0 Å². The summed E-state index contributed by atoms with van der Waals surface area (Å²) in [5, 5.41) is 17.7. The van der Waals surface area contributed by atoms with Crippen molar-refractivity contribution in [2.24, 2.45) is 0 Å². The van der Waals surface area contributed by atoms with Crippen LogP contribution in [-0.2, 0) is 0 Å². The third-order valence-electron chi connectivity index (χ3n) is 2.44. The zero-order valence-corrected chi connectivity index (χ0v) is 10.4. The SMILES string of the molecule is O=C(O)c1cc(Sc2nnc3ccccn23)ccn1. The van der Waals surface area contributed by atoms with Gasteiger partial charge in [-0.25, -0.2) is 9.78 Å². The van der Waals surface area contributed by atoms with Crippen molar-refractivity contribution in [2.45, 2.75) is 10.1 Å². The standard InChI is InChI=1S/C12H8N4O2S/c17-11(18)9-7-8(4-5-13-9)19-12-15-14-10-3-1-2-6-16(10)12/h1-7H,(H,17,18). The number of pyridine rings is 2. The molecule has 3 heterocycles. The van der Waals surface area contributed by atoms with Crippen molar-refractivity contribution in [2.75, 3.05) is 0 Å². The van der Waals surface area contributed by atoms with Gasteiger partial charge in [-0.15, -0.1) is 10.2 Å². The summed E-state index contributed by atoms with van der Waals surface area (Å²) in [5.41, 5.74) is 0.760. The summed E-state index contributed by atoms with van der Waals surface area (Å²) in [7, 11) is 0. The van der Waals surface area contributed by atoms with Gasteiger partial charge in [-0.1, -0.05) is 6.07 Å². The summed E-state index contributed by atoms with van der Waals surface area (Å²) in [6, 6.07) is 8.87. The highest BCUT2D eigenvalue weighted by atomic mass is 32.2. The van der Waals surface area contributed by atoms with E-state index < -0.39 is 5.97 Å². The van der Waals surface area contributed by atoms with E-state index in [1.807, 2.05) is 28.8 Å². The normalized spacial score (nSPS) is 10.7. The molecule has 0 aliphatic rings. The minimum Gasteiger partial charge on any atom is -0.477 e. The average Bonchev–Trinajstić information content (AvgIpc) is 2.83. The molecular weight excluding hydrogens is 264 g/mol. The van der Waals surface area contributed by atoms with E-state index in [1.54, 1.807) is 6.07 Å². The van der Waals surface area contributed by atoms with Crippen LogP contribution >= 0.6 is 11.8 Å². The zero-order chi connectivity index (χ0) is 13.2. The van der Waals surface area contributed by atoms with Crippen LogP contribution in [-0.4, -0.2) is 30.7 Å². The van der Waals surface area contributed by atoms with Gasteiger partial charge >= 0.3 is 5.97 Å². The lowest BCUT2D eigenvalue weighted by molar-refractivity contribution is 0.0690. The van der Waals surface area contributed by atoms with Crippen LogP contribution < -0.4 is 0 Å². The highest BCUT2D eigenvalue weighted by Crippen LogP contribution is 2.26. The van der Waals surface area contributed by atoms with Gasteiger partial charge in [0.05, 0.1) is 0 Å². The fraction of sp³-hybridized carbons (Fsp3) is 0. The van der Waals surface area contributed by atoms with E-state index >= 15 is 0 Å². The molecule has 0 saturated heterocycles. The summed E-state index contributed by atoms with van der Waals surface area (Å²) in [4.78, 5) is 15.4. The Hall–Kier alpha value is -2.41. The fourth-order valence-corrected chi connectivity index (χ4v) is 2.43. The Bertz CT molecular complexity index is 756. The fourth-order valence-electron chi connectivity index (χ4n) is 1.59. The Kier molecular flexibility index (Phi) is 2.88. The number of aromatic nitrogens is 4. The molecule has 0 spiro atoms. The average molecular weight is 272 g/mol. The Morgan fingerprint density at radius 2 is 2.16 bits per heavy atom. The highest BCUT2D eigenvalue weighted by Gasteiger charge is 2.09. The van der Waals surface area contributed by atoms with Gasteiger partial charge in [0.15, 0.2) is 10.8 Å². The monoisotopic (exact) mass is 272 g/mol. The minimum absolute atomic E-state index is 0.0128. The van der Waals surface area contributed by atoms with Crippen LogP contribution in [0.15, 0.2) is 52.8 Å². The summed E-state index contributed by atoms with van der Waals surface area (Å²) in [6.45, 7) is 0. The number of hydrogen-bond donors (Lipinski definition) is 1. The van der Waals surface area contributed by atoms with Crippen LogP contribution in [0.2, 0.25) is 0 Å². The molecule has 0 amide bonds. The Morgan fingerprint density at radius 3 is 3.00 bits per heavy atom. The van der Waals surface area contributed by atoms with E-state index in [-0.39, 0.29) is 5.69 Å². The molecule has 0 aromatic carbocycles. The molecular formula is C12H8N4O2S. The molecule has 0 saturated carbocycles. The molecule has 0 fully saturated rings.